The van der Waals surface area contributed by atoms with Crippen molar-refractivity contribution in [3.8, 4) is 0 Å². The molecule has 0 spiro atoms. The van der Waals surface area contributed by atoms with Crippen molar-refractivity contribution in [3.05, 3.63) is 65.5 Å². The van der Waals surface area contributed by atoms with Gasteiger partial charge in [-0.25, -0.2) is 8.78 Å². The summed E-state index contributed by atoms with van der Waals surface area (Å²) in [4.78, 5) is 16.3. The third kappa shape index (κ3) is 4.12. The van der Waals surface area contributed by atoms with E-state index in [4.69, 9.17) is 0 Å². The summed E-state index contributed by atoms with van der Waals surface area (Å²) in [5.41, 5.74) is 1.07. The maximum atomic E-state index is 14.0. The fourth-order valence-electron chi connectivity index (χ4n) is 2.67. The molecule has 5 heteroatoms. The van der Waals surface area contributed by atoms with Gasteiger partial charge >= 0.3 is 0 Å². The summed E-state index contributed by atoms with van der Waals surface area (Å²) in [6, 6.07) is 8.47. The van der Waals surface area contributed by atoms with Gasteiger partial charge in [-0.1, -0.05) is 6.07 Å². The number of rotatable bonds is 6. The van der Waals surface area contributed by atoms with Gasteiger partial charge in [0.2, 0.25) is 5.91 Å². The molecule has 1 saturated carbocycles. The average molecular weight is 316 g/mol. The highest BCUT2D eigenvalue weighted by atomic mass is 19.1. The van der Waals surface area contributed by atoms with E-state index in [1.54, 1.807) is 6.20 Å². The van der Waals surface area contributed by atoms with Crippen LogP contribution >= 0.6 is 0 Å². The number of pyridine rings is 1. The van der Waals surface area contributed by atoms with Gasteiger partial charge in [0.25, 0.3) is 0 Å². The topological polar surface area (TPSA) is 42.0 Å². The zero-order chi connectivity index (χ0) is 16.2. The summed E-state index contributed by atoms with van der Waals surface area (Å²) < 4.78 is 27.4. The van der Waals surface area contributed by atoms with E-state index in [1.807, 2.05) is 18.2 Å². The fraction of sp³-hybridized carbons (Fsp3) is 0.333. The molecule has 1 atom stereocenters. The molecule has 2 aromatic rings. The molecule has 3 nitrogen and oxygen atoms in total. The maximum absolute atomic E-state index is 14.0. The lowest BCUT2D eigenvalue weighted by molar-refractivity contribution is -0.122. The SMILES string of the molecule is O=C(CCc1ccccn1)NC(c1cc(F)ccc1F)C1CC1. The zero-order valence-electron chi connectivity index (χ0n) is 12.6. The Labute approximate surface area is 133 Å². The van der Waals surface area contributed by atoms with E-state index in [1.165, 1.54) is 6.07 Å². The van der Waals surface area contributed by atoms with Crippen molar-refractivity contribution >= 4 is 5.91 Å². The Bertz CT molecular complexity index is 687. The van der Waals surface area contributed by atoms with Crippen LogP contribution in [-0.4, -0.2) is 10.9 Å². The third-order valence-corrected chi connectivity index (χ3v) is 4.04. The van der Waals surface area contributed by atoms with Crippen LogP contribution in [0.25, 0.3) is 0 Å². The first-order valence-electron chi connectivity index (χ1n) is 7.77. The van der Waals surface area contributed by atoms with Crippen molar-refractivity contribution in [3.63, 3.8) is 0 Å². The molecule has 1 heterocycles. The van der Waals surface area contributed by atoms with Crippen LogP contribution < -0.4 is 5.32 Å². The van der Waals surface area contributed by atoms with Gasteiger partial charge in [0, 0.05) is 23.9 Å². The lowest BCUT2D eigenvalue weighted by Crippen LogP contribution is -2.30. The molecule has 0 aliphatic heterocycles. The number of halogens is 2. The molecule has 23 heavy (non-hydrogen) atoms. The second kappa shape index (κ2) is 6.86. The van der Waals surface area contributed by atoms with Gasteiger partial charge in [0.05, 0.1) is 6.04 Å². The number of nitrogens with one attached hydrogen (secondary N) is 1. The highest BCUT2D eigenvalue weighted by molar-refractivity contribution is 5.76. The minimum absolute atomic E-state index is 0.170. The van der Waals surface area contributed by atoms with E-state index in [0.29, 0.717) is 6.42 Å². The highest BCUT2D eigenvalue weighted by Gasteiger charge is 2.35. The second-order valence-electron chi connectivity index (χ2n) is 5.87. The lowest BCUT2D eigenvalue weighted by atomic mass is 10.0. The van der Waals surface area contributed by atoms with Crippen LogP contribution in [0.2, 0.25) is 0 Å². The molecule has 1 N–H and O–H groups in total. The molecule has 0 radical (unpaired) electrons. The summed E-state index contributed by atoms with van der Waals surface area (Å²) in [5.74, 6) is -0.954. The number of benzene rings is 1. The highest BCUT2D eigenvalue weighted by Crippen LogP contribution is 2.41. The molecule has 1 aromatic heterocycles. The fourth-order valence-corrected chi connectivity index (χ4v) is 2.67. The Morgan fingerprint density at radius 3 is 2.78 bits per heavy atom. The van der Waals surface area contributed by atoms with Crippen LogP contribution in [0.3, 0.4) is 0 Å². The molecule has 1 fully saturated rings. The van der Waals surface area contributed by atoms with Gasteiger partial charge in [0.1, 0.15) is 11.6 Å². The van der Waals surface area contributed by atoms with E-state index < -0.39 is 17.7 Å². The minimum atomic E-state index is -0.491. The van der Waals surface area contributed by atoms with Gasteiger partial charge in [-0.2, -0.15) is 0 Å². The first kappa shape index (κ1) is 15.6. The second-order valence-corrected chi connectivity index (χ2v) is 5.87. The lowest BCUT2D eigenvalue weighted by Gasteiger charge is -2.19. The zero-order valence-corrected chi connectivity index (χ0v) is 12.6. The molecular formula is C18H18F2N2O. The smallest absolute Gasteiger partial charge is 0.220 e. The van der Waals surface area contributed by atoms with Crippen LogP contribution in [0.15, 0.2) is 42.6 Å². The van der Waals surface area contributed by atoms with Crippen molar-refractivity contribution in [1.82, 2.24) is 10.3 Å². The van der Waals surface area contributed by atoms with Crippen LogP contribution in [-0.2, 0) is 11.2 Å². The molecule has 1 aliphatic rings. The first-order chi connectivity index (χ1) is 11.1. The first-order valence-corrected chi connectivity index (χ1v) is 7.77. The number of hydrogen-bond acceptors (Lipinski definition) is 2. The molecule has 3 rings (SSSR count). The predicted octanol–water partition coefficient (Wildman–Crippen LogP) is 3.56. The van der Waals surface area contributed by atoms with E-state index in [-0.39, 0.29) is 23.8 Å². The minimum Gasteiger partial charge on any atom is -0.349 e. The molecule has 120 valence electrons. The molecular weight excluding hydrogens is 298 g/mol. The Balaban J connectivity index is 1.65. The maximum Gasteiger partial charge on any atom is 0.220 e. The quantitative estimate of drug-likeness (QED) is 0.885. The Morgan fingerprint density at radius 2 is 2.09 bits per heavy atom. The van der Waals surface area contributed by atoms with Crippen molar-refractivity contribution in [2.24, 2.45) is 5.92 Å². The summed E-state index contributed by atoms with van der Waals surface area (Å²) in [7, 11) is 0. The van der Waals surface area contributed by atoms with Crippen molar-refractivity contribution in [2.45, 2.75) is 31.7 Å². The number of aryl methyl sites for hydroxylation is 1. The van der Waals surface area contributed by atoms with Crippen LogP contribution in [0.4, 0.5) is 8.78 Å². The van der Waals surface area contributed by atoms with E-state index >= 15 is 0 Å². The molecule has 1 amide bonds. The standard InChI is InChI=1S/C18H18F2N2O/c19-13-6-8-16(20)15(11-13)18(12-4-5-12)22-17(23)9-7-14-3-1-2-10-21-14/h1-3,6,8,10-12,18H,4-5,7,9H2,(H,22,23). The number of carbonyl (C=O) groups is 1. The van der Waals surface area contributed by atoms with E-state index in [9.17, 15) is 13.6 Å². The Hall–Kier alpha value is -2.30. The van der Waals surface area contributed by atoms with Gasteiger partial charge in [0.15, 0.2) is 0 Å². The third-order valence-electron chi connectivity index (χ3n) is 4.04. The summed E-state index contributed by atoms with van der Waals surface area (Å²) in [6.45, 7) is 0. The summed E-state index contributed by atoms with van der Waals surface area (Å²) in [6.07, 6.45) is 4.32. The largest absolute Gasteiger partial charge is 0.349 e. The molecule has 1 aromatic carbocycles. The summed E-state index contributed by atoms with van der Waals surface area (Å²) >= 11 is 0. The molecule has 0 bridgehead atoms. The number of hydrogen-bond donors (Lipinski definition) is 1. The van der Waals surface area contributed by atoms with Crippen LogP contribution in [0.5, 0.6) is 0 Å². The van der Waals surface area contributed by atoms with Crippen molar-refractivity contribution in [2.75, 3.05) is 0 Å². The average Bonchev–Trinajstić information content (AvgIpc) is 3.39. The monoisotopic (exact) mass is 316 g/mol. The number of amides is 1. The van der Waals surface area contributed by atoms with E-state index in [2.05, 4.69) is 10.3 Å². The van der Waals surface area contributed by atoms with Crippen LogP contribution in [0, 0.1) is 17.6 Å². The van der Waals surface area contributed by atoms with Gasteiger partial charge in [-0.15, -0.1) is 0 Å². The Kier molecular flexibility index (Phi) is 4.65. The van der Waals surface area contributed by atoms with E-state index in [0.717, 1.165) is 30.7 Å². The summed E-state index contributed by atoms with van der Waals surface area (Å²) in [5, 5.41) is 2.86. The Morgan fingerprint density at radius 1 is 1.26 bits per heavy atom. The van der Waals surface area contributed by atoms with Crippen molar-refractivity contribution < 1.29 is 13.6 Å². The number of nitrogens with zero attached hydrogens (tertiary/aromatic N) is 1. The van der Waals surface area contributed by atoms with Gasteiger partial charge in [-0.05, 0) is 55.5 Å². The number of aromatic nitrogens is 1. The van der Waals surface area contributed by atoms with Crippen molar-refractivity contribution in [1.29, 1.82) is 0 Å². The number of carbonyl (C=O) groups excluding carboxylic acids is 1. The van der Waals surface area contributed by atoms with Crippen LogP contribution in [0.1, 0.15) is 36.6 Å². The molecule has 0 saturated heterocycles. The van der Waals surface area contributed by atoms with Gasteiger partial charge in [-0.3, -0.25) is 9.78 Å². The molecule has 1 unspecified atom stereocenters. The normalized spacial score (nSPS) is 15.2. The molecule has 1 aliphatic carbocycles. The van der Waals surface area contributed by atoms with Gasteiger partial charge < -0.3 is 5.32 Å². The predicted molar refractivity (Wildman–Crippen MR) is 82.5 cm³/mol.